The lowest BCUT2D eigenvalue weighted by molar-refractivity contribution is -0.0260. The lowest BCUT2D eigenvalue weighted by Gasteiger charge is -2.48. The van der Waals surface area contributed by atoms with Crippen LogP contribution < -0.4 is 9.47 Å². The molecule has 2 aliphatic heterocycles. The predicted octanol–water partition coefficient (Wildman–Crippen LogP) is 4.45. The molecule has 0 N–H and O–H groups in total. The van der Waals surface area contributed by atoms with Crippen molar-refractivity contribution >= 4 is 11.9 Å². The van der Waals surface area contributed by atoms with Crippen LogP contribution in [0.25, 0.3) is 0 Å². The lowest BCUT2D eigenvalue weighted by Crippen LogP contribution is -2.56. The van der Waals surface area contributed by atoms with Crippen molar-refractivity contribution in [3.05, 3.63) is 23.8 Å². The number of carbonyl (C=O) groups excluding carboxylic acids is 2. The number of methoxy groups -OCH3 is 2. The van der Waals surface area contributed by atoms with Gasteiger partial charge in [0.05, 0.1) is 14.2 Å². The fourth-order valence-corrected chi connectivity index (χ4v) is 4.39. The molecular weight excluding hydrogens is 358 g/mol. The summed E-state index contributed by atoms with van der Waals surface area (Å²) in [5.74, 6) is 1.20. The standard InChI is InChI=1S/C22H31NO5/c1-22(2,3)28-21(25)23-16-7-6-8-17(23)10-14(9-16)20(24)15-11-18(26-4)13-19(12-15)27-5/h11-14,16-17H,6-10H2,1-5H3. The van der Waals surface area contributed by atoms with Crippen LogP contribution in [0.4, 0.5) is 4.79 Å². The Hall–Kier alpha value is -2.24. The topological polar surface area (TPSA) is 65.1 Å². The number of ether oxygens (including phenoxy) is 3. The normalized spacial score (nSPS) is 24.5. The monoisotopic (exact) mass is 389 g/mol. The van der Waals surface area contributed by atoms with E-state index in [2.05, 4.69) is 0 Å². The first-order chi connectivity index (χ1) is 13.2. The molecule has 28 heavy (non-hydrogen) atoms. The van der Waals surface area contributed by atoms with Gasteiger partial charge in [-0.15, -0.1) is 0 Å². The second-order valence-electron chi connectivity index (χ2n) is 8.76. The number of amides is 1. The van der Waals surface area contributed by atoms with Crippen LogP contribution in [-0.2, 0) is 4.74 Å². The minimum Gasteiger partial charge on any atom is -0.497 e. The van der Waals surface area contributed by atoms with Crippen molar-refractivity contribution in [2.45, 2.75) is 70.6 Å². The molecule has 2 fully saturated rings. The fraction of sp³-hybridized carbons (Fsp3) is 0.636. The summed E-state index contributed by atoms with van der Waals surface area (Å²) in [4.78, 5) is 27.8. The Bertz CT molecular complexity index is 703. The molecule has 2 saturated heterocycles. The van der Waals surface area contributed by atoms with Gasteiger partial charge in [-0.2, -0.15) is 0 Å². The Morgan fingerprint density at radius 2 is 1.50 bits per heavy atom. The summed E-state index contributed by atoms with van der Waals surface area (Å²) in [5, 5.41) is 0. The average Bonchev–Trinajstić information content (AvgIpc) is 2.64. The van der Waals surface area contributed by atoms with Gasteiger partial charge in [-0.05, 0) is 65.0 Å². The van der Waals surface area contributed by atoms with Crippen molar-refractivity contribution in [3.8, 4) is 11.5 Å². The molecule has 2 aliphatic rings. The summed E-state index contributed by atoms with van der Waals surface area (Å²) in [7, 11) is 3.15. The van der Waals surface area contributed by atoms with Crippen LogP contribution in [0.5, 0.6) is 11.5 Å². The van der Waals surface area contributed by atoms with Gasteiger partial charge >= 0.3 is 6.09 Å². The maximum Gasteiger partial charge on any atom is 0.410 e. The van der Waals surface area contributed by atoms with Gasteiger partial charge in [0.15, 0.2) is 5.78 Å². The number of piperidine rings is 2. The van der Waals surface area contributed by atoms with Crippen molar-refractivity contribution in [3.63, 3.8) is 0 Å². The predicted molar refractivity (Wildman–Crippen MR) is 106 cm³/mol. The number of hydrogen-bond acceptors (Lipinski definition) is 5. The number of nitrogens with zero attached hydrogens (tertiary/aromatic N) is 1. The number of ketones is 1. The summed E-state index contributed by atoms with van der Waals surface area (Å²) in [6.07, 6.45) is 4.02. The van der Waals surface area contributed by atoms with Crippen LogP contribution in [0, 0.1) is 5.92 Å². The van der Waals surface area contributed by atoms with Gasteiger partial charge in [0, 0.05) is 29.6 Å². The third-order valence-electron chi connectivity index (χ3n) is 5.59. The second kappa shape index (κ2) is 8.02. The van der Waals surface area contributed by atoms with E-state index in [9.17, 15) is 9.59 Å². The van der Waals surface area contributed by atoms with Gasteiger partial charge in [0.2, 0.25) is 0 Å². The highest BCUT2D eigenvalue weighted by atomic mass is 16.6. The van der Waals surface area contributed by atoms with Crippen molar-refractivity contribution in [2.24, 2.45) is 5.92 Å². The minimum absolute atomic E-state index is 0.0591. The largest absolute Gasteiger partial charge is 0.497 e. The van der Waals surface area contributed by atoms with Crippen molar-refractivity contribution < 1.29 is 23.8 Å². The van der Waals surface area contributed by atoms with E-state index in [0.717, 1.165) is 19.3 Å². The van der Waals surface area contributed by atoms with E-state index < -0.39 is 5.60 Å². The number of rotatable bonds is 4. The third-order valence-corrected chi connectivity index (χ3v) is 5.59. The van der Waals surface area contributed by atoms with E-state index in [1.54, 1.807) is 32.4 Å². The fourth-order valence-electron chi connectivity index (χ4n) is 4.39. The van der Waals surface area contributed by atoms with Crippen LogP contribution in [0.1, 0.15) is 63.2 Å². The lowest BCUT2D eigenvalue weighted by atomic mass is 9.76. The van der Waals surface area contributed by atoms with Crippen molar-refractivity contribution in [1.29, 1.82) is 0 Å². The van der Waals surface area contributed by atoms with Crippen LogP contribution in [0.15, 0.2) is 18.2 Å². The number of carbonyl (C=O) groups is 2. The zero-order chi connectivity index (χ0) is 20.5. The molecule has 0 saturated carbocycles. The first-order valence-electron chi connectivity index (χ1n) is 10.0. The highest BCUT2D eigenvalue weighted by molar-refractivity contribution is 5.98. The zero-order valence-electron chi connectivity index (χ0n) is 17.5. The smallest absolute Gasteiger partial charge is 0.410 e. The molecule has 154 valence electrons. The maximum absolute atomic E-state index is 13.2. The van der Waals surface area contributed by atoms with Crippen molar-refractivity contribution in [1.82, 2.24) is 4.90 Å². The molecule has 0 spiro atoms. The van der Waals surface area contributed by atoms with Crippen LogP contribution >= 0.6 is 0 Å². The van der Waals surface area contributed by atoms with Gasteiger partial charge in [0.25, 0.3) is 0 Å². The molecule has 2 atom stereocenters. The van der Waals surface area contributed by atoms with Crippen molar-refractivity contribution in [2.75, 3.05) is 14.2 Å². The molecule has 1 amide bonds. The molecule has 2 bridgehead atoms. The van der Waals surface area contributed by atoms with E-state index in [1.807, 2.05) is 25.7 Å². The molecular formula is C22H31NO5. The summed E-state index contributed by atoms with van der Waals surface area (Å²) < 4.78 is 16.2. The third kappa shape index (κ3) is 4.42. The summed E-state index contributed by atoms with van der Waals surface area (Å²) in [5.41, 5.74) is 0.0832. The molecule has 6 heteroatoms. The Kier molecular flexibility index (Phi) is 5.87. The van der Waals surface area contributed by atoms with Crippen LogP contribution in [0.3, 0.4) is 0 Å². The van der Waals surface area contributed by atoms with Gasteiger partial charge in [-0.25, -0.2) is 4.79 Å². The Morgan fingerprint density at radius 1 is 0.964 bits per heavy atom. The molecule has 0 aromatic heterocycles. The van der Waals surface area contributed by atoms with Gasteiger partial charge in [-0.1, -0.05) is 0 Å². The highest BCUT2D eigenvalue weighted by Crippen LogP contribution is 2.39. The first kappa shape index (κ1) is 20.5. The Balaban J connectivity index is 1.78. The summed E-state index contributed by atoms with van der Waals surface area (Å²) >= 11 is 0. The molecule has 2 unspecified atom stereocenters. The quantitative estimate of drug-likeness (QED) is 0.712. The first-order valence-corrected chi connectivity index (χ1v) is 10.0. The molecule has 1 aromatic carbocycles. The van der Waals surface area contributed by atoms with E-state index in [0.29, 0.717) is 29.9 Å². The number of fused-ring (bicyclic) bond motifs is 2. The van der Waals surface area contributed by atoms with E-state index in [1.165, 1.54) is 0 Å². The molecule has 3 rings (SSSR count). The molecule has 6 nitrogen and oxygen atoms in total. The number of benzene rings is 1. The molecule has 0 aliphatic carbocycles. The van der Waals surface area contributed by atoms with Crippen LogP contribution in [-0.4, -0.2) is 48.7 Å². The zero-order valence-corrected chi connectivity index (χ0v) is 17.5. The Labute approximate surface area is 167 Å². The maximum atomic E-state index is 13.2. The Morgan fingerprint density at radius 3 is 1.96 bits per heavy atom. The number of hydrogen-bond donors (Lipinski definition) is 0. The van der Waals surface area contributed by atoms with E-state index in [-0.39, 0.29) is 29.9 Å². The van der Waals surface area contributed by atoms with Gasteiger partial charge < -0.3 is 19.1 Å². The van der Waals surface area contributed by atoms with E-state index in [4.69, 9.17) is 14.2 Å². The minimum atomic E-state index is -0.519. The number of Topliss-reactive ketones (excluding diaryl/α,β-unsaturated/α-hetero) is 1. The SMILES string of the molecule is COc1cc(OC)cc(C(=O)C2CC3CCCC(C2)N3C(=O)OC(C)(C)C)c1. The molecule has 1 aromatic rings. The summed E-state index contributed by atoms with van der Waals surface area (Å²) in [6.45, 7) is 5.65. The average molecular weight is 389 g/mol. The van der Waals surface area contributed by atoms with Crippen LogP contribution in [0.2, 0.25) is 0 Å². The van der Waals surface area contributed by atoms with Gasteiger partial charge in [-0.3, -0.25) is 4.79 Å². The van der Waals surface area contributed by atoms with Gasteiger partial charge in [0.1, 0.15) is 17.1 Å². The summed E-state index contributed by atoms with van der Waals surface area (Å²) in [6, 6.07) is 5.41. The highest BCUT2D eigenvalue weighted by Gasteiger charge is 2.44. The molecule has 0 radical (unpaired) electrons. The second-order valence-corrected chi connectivity index (χ2v) is 8.76. The molecule has 2 heterocycles. The van der Waals surface area contributed by atoms with E-state index >= 15 is 0 Å².